The molecule has 1 atom stereocenters. The number of hydrogen-bond acceptors (Lipinski definition) is 4. The molecule has 0 radical (unpaired) electrons. The molecule has 4 nitrogen and oxygen atoms in total. The first-order chi connectivity index (χ1) is 7.76. The zero-order valence-electron chi connectivity index (χ0n) is 10.7. The summed E-state index contributed by atoms with van der Waals surface area (Å²) in [5.74, 6) is 7.08. The van der Waals surface area contributed by atoms with Gasteiger partial charge in [-0.15, -0.1) is 0 Å². The highest BCUT2D eigenvalue weighted by molar-refractivity contribution is 4.82. The molecule has 0 aromatic rings. The minimum atomic E-state index is -0.242. The van der Waals surface area contributed by atoms with E-state index in [1.807, 2.05) is 0 Å². The normalized spacial score (nSPS) is 28.3. The Kier molecular flexibility index (Phi) is 6.28. The fraction of sp³-hybridized carbons (Fsp3) is 1.00. The number of ether oxygens (including phenoxy) is 2. The van der Waals surface area contributed by atoms with E-state index in [2.05, 4.69) is 12.3 Å². The van der Waals surface area contributed by atoms with Crippen molar-refractivity contribution in [1.29, 1.82) is 0 Å². The van der Waals surface area contributed by atoms with Crippen LogP contribution in [0.5, 0.6) is 0 Å². The van der Waals surface area contributed by atoms with Gasteiger partial charge in [-0.1, -0.05) is 26.2 Å². The standard InChI is InChI=1S/C12H26N2O2/c1-4-9-5-7-10(8-6-9)11(14-13)12(15-2)16-3/h9-12,14H,4-8,13H2,1-3H3. The number of nitrogens with two attached hydrogens (primary N) is 1. The Bertz CT molecular complexity index is 178. The second-order valence-corrected chi connectivity index (χ2v) is 4.72. The van der Waals surface area contributed by atoms with Crippen molar-refractivity contribution < 1.29 is 9.47 Å². The zero-order valence-corrected chi connectivity index (χ0v) is 10.7. The van der Waals surface area contributed by atoms with Crippen LogP contribution in [-0.2, 0) is 9.47 Å². The summed E-state index contributed by atoms with van der Waals surface area (Å²) in [5, 5.41) is 0. The first kappa shape index (κ1) is 13.9. The van der Waals surface area contributed by atoms with E-state index in [9.17, 15) is 0 Å². The molecule has 0 aromatic heterocycles. The van der Waals surface area contributed by atoms with Crippen LogP contribution < -0.4 is 11.3 Å². The lowest BCUT2D eigenvalue weighted by Gasteiger charge is -2.36. The molecule has 1 saturated carbocycles. The number of hydrogen-bond donors (Lipinski definition) is 2. The molecule has 1 fully saturated rings. The molecule has 96 valence electrons. The maximum atomic E-state index is 5.61. The van der Waals surface area contributed by atoms with Crippen LogP contribution >= 0.6 is 0 Å². The van der Waals surface area contributed by atoms with Crippen LogP contribution in [0, 0.1) is 11.8 Å². The van der Waals surface area contributed by atoms with E-state index in [-0.39, 0.29) is 12.3 Å². The molecule has 0 aliphatic heterocycles. The summed E-state index contributed by atoms with van der Waals surface area (Å²) >= 11 is 0. The maximum absolute atomic E-state index is 5.61. The highest BCUT2D eigenvalue weighted by atomic mass is 16.7. The van der Waals surface area contributed by atoms with Crippen molar-refractivity contribution in [2.24, 2.45) is 17.7 Å². The van der Waals surface area contributed by atoms with E-state index in [1.165, 1.54) is 32.1 Å². The number of hydrazine groups is 1. The predicted molar refractivity (Wildman–Crippen MR) is 64.7 cm³/mol. The molecule has 1 aliphatic rings. The van der Waals surface area contributed by atoms with Crippen molar-refractivity contribution in [1.82, 2.24) is 5.43 Å². The van der Waals surface area contributed by atoms with Crippen LogP contribution in [0.3, 0.4) is 0 Å². The quantitative estimate of drug-likeness (QED) is 0.414. The third-order valence-corrected chi connectivity index (χ3v) is 3.93. The van der Waals surface area contributed by atoms with Gasteiger partial charge in [0.2, 0.25) is 0 Å². The Morgan fingerprint density at radius 3 is 2.12 bits per heavy atom. The lowest BCUT2D eigenvalue weighted by atomic mass is 9.77. The summed E-state index contributed by atoms with van der Waals surface area (Å²) in [6, 6.07) is 0.104. The van der Waals surface area contributed by atoms with Crippen LogP contribution in [0.25, 0.3) is 0 Å². The average Bonchev–Trinajstić information content (AvgIpc) is 2.36. The van der Waals surface area contributed by atoms with Crippen LogP contribution in [0.15, 0.2) is 0 Å². The van der Waals surface area contributed by atoms with Crippen LogP contribution in [-0.4, -0.2) is 26.6 Å². The van der Waals surface area contributed by atoms with Gasteiger partial charge >= 0.3 is 0 Å². The maximum Gasteiger partial charge on any atom is 0.173 e. The SMILES string of the molecule is CCC1CCC(C(NN)C(OC)OC)CC1. The molecule has 0 aromatic carbocycles. The van der Waals surface area contributed by atoms with Crippen molar-refractivity contribution >= 4 is 0 Å². The summed E-state index contributed by atoms with van der Waals surface area (Å²) in [6.07, 6.45) is 6.10. The number of rotatable bonds is 6. The predicted octanol–water partition coefficient (Wildman–Crippen LogP) is 1.65. The molecule has 0 saturated heterocycles. The van der Waals surface area contributed by atoms with Gasteiger partial charge in [-0.25, -0.2) is 0 Å². The second-order valence-electron chi connectivity index (χ2n) is 4.72. The summed E-state index contributed by atoms with van der Waals surface area (Å²) in [7, 11) is 3.33. The van der Waals surface area contributed by atoms with Gasteiger partial charge in [-0.2, -0.15) is 0 Å². The molecule has 0 spiro atoms. The molecule has 1 aliphatic carbocycles. The lowest BCUT2D eigenvalue weighted by Crippen LogP contribution is -2.51. The Hall–Kier alpha value is -0.160. The van der Waals surface area contributed by atoms with E-state index >= 15 is 0 Å². The van der Waals surface area contributed by atoms with Crippen molar-refractivity contribution in [2.45, 2.75) is 51.4 Å². The fourth-order valence-electron chi connectivity index (χ4n) is 2.78. The van der Waals surface area contributed by atoms with Crippen molar-refractivity contribution in [2.75, 3.05) is 14.2 Å². The highest BCUT2D eigenvalue weighted by Gasteiger charge is 2.31. The Morgan fingerprint density at radius 2 is 1.75 bits per heavy atom. The minimum Gasteiger partial charge on any atom is -0.354 e. The smallest absolute Gasteiger partial charge is 0.173 e. The van der Waals surface area contributed by atoms with E-state index < -0.39 is 0 Å². The largest absolute Gasteiger partial charge is 0.354 e. The van der Waals surface area contributed by atoms with Gasteiger partial charge in [0.1, 0.15) is 0 Å². The number of methoxy groups -OCH3 is 2. The topological polar surface area (TPSA) is 56.5 Å². The Morgan fingerprint density at radius 1 is 1.19 bits per heavy atom. The van der Waals surface area contributed by atoms with Gasteiger partial charge < -0.3 is 9.47 Å². The molecule has 0 amide bonds. The average molecular weight is 230 g/mol. The van der Waals surface area contributed by atoms with Crippen LogP contribution in [0.2, 0.25) is 0 Å². The van der Waals surface area contributed by atoms with E-state index in [0.29, 0.717) is 5.92 Å². The first-order valence-electron chi connectivity index (χ1n) is 6.28. The molecule has 1 unspecified atom stereocenters. The first-order valence-corrected chi connectivity index (χ1v) is 6.28. The van der Waals surface area contributed by atoms with Crippen molar-refractivity contribution in [3.05, 3.63) is 0 Å². The molecular formula is C12H26N2O2. The third kappa shape index (κ3) is 3.42. The fourth-order valence-corrected chi connectivity index (χ4v) is 2.78. The Balaban J connectivity index is 2.48. The molecular weight excluding hydrogens is 204 g/mol. The van der Waals surface area contributed by atoms with Gasteiger partial charge in [-0.3, -0.25) is 11.3 Å². The van der Waals surface area contributed by atoms with E-state index in [0.717, 1.165) is 5.92 Å². The molecule has 1 rings (SSSR count). The van der Waals surface area contributed by atoms with Crippen LogP contribution in [0.1, 0.15) is 39.0 Å². The summed E-state index contributed by atoms with van der Waals surface area (Å²) < 4.78 is 10.6. The summed E-state index contributed by atoms with van der Waals surface area (Å²) in [6.45, 7) is 2.27. The summed E-state index contributed by atoms with van der Waals surface area (Å²) in [4.78, 5) is 0. The van der Waals surface area contributed by atoms with E-state index in [4.69, 9.17) is 15.3 Å². The van der Waals surface area contributed by atoms with Crippen molar-refractivity contribution in [3.63, 3.8) is 0 Å². The second kappa shape index (κ2) is 7.22. The van der Waals surface area contributed by atoms with Gasteiger partial charge in [0, 0.05) is 14.2 Å². The van der Waals surface area contributed by atoms with Gasteiger partial charge in [0.25, 0.3) is 0 Å². The third-order valence-electron chi connectivity index (χ3n) is 3.93. The lowest BCUT2D eigenvalue weighted by molar-refractivity contribution is -0.136. The number of nitrogens with one attached hydrogen (secondary N) is 1. The molecule has 3 N–H and O–H groups in total. The monoisotopic (exact) mass is 230 g/mol. The molecule has 0 bridgehead atoms. The minimum absolute atomic E-state index is 0.104. The van der Waals surface area contributed by atoms with Crippen molar-refractivity contribution in [3.8, 4) is 0 Å². The summed E-state index contributed by atoms with van der Waals surface area (Å²) in [5.41, 5.74) is 2.86. The molecule has 16 heavy (non-hydrogen) atoms. The molecule has 0 heterocycles. The van der Waals surface area contributed by atoms with Crippen LogP contribution in [0.4, 0.5) is 0 Å². The zero-order chi connectivity index (χ0) is 12.0. The van der Waals surface area contributed by atoms with E-state index in [1.54, 1.807) is 14.2 Å². The van der Waals surface area contributed by atoms with Gasteiger partial charge in [0.15, 0.2) is 6.29 Å². The highest BCUT2D eigenvalue weighted by Crippen LogP contribution is 2.33. The van der Waals surface area contributed by atoms with Gasteiger partial charge in [0.05, 0.1) is 6.04 Å². The van der Waals surface area contributed by atoms with Gasteiger partial charge in [-0.05, 0) is 24.7 Å². The Labute approximate surface area is 98.8 Å². The molecule has 4 heteroatoms.